The quantitative estimate of drug-likeness (QED) is 0.587. The molecule has 1 aromatic carbocycles. The Labute approximate surface area is 210 Å². The number of piperidine rings is 1. The molecule has 1 aromatic heterocycles. The summed E-state index contributed by atoms with van der Waals surface area (Å²) in [5.41, 5.74) is 1.02. The number of hydrogen-bond donors (Lipinski definition) is 0. The first kappa shape index (κ1) is 25.0. The molecule has 0 spiro atoms. The predicted octanol–water partition coefficient (Wildman–Crippen LogP) is 3.50. The number of carbonyl (C=O) groups excluding carboxylic acids is 3. The number of ether oxygens (including phenoxy) is 1. The average molecular weight is 499 g/mol. The normalized spacial score (nSPS) is 18.7. The van der Waals surface area contributed by atoms with E-state index in [0.29, 0.717) is 55.5 Å². The number of carbonyl (C=O) groups is 3. The van der Waals surface area contributed by atoms with Gasteiger partial charge in [0.2, 0.25) is 5.91 Å². The van der Waals surface area contributed by atoms with Crippen LogP contribution in [-0.2, 0) is 9.53 Å². The second kappa shape index (κ2) is 11.5. The third-order valence-corrected chi connectivity index (χ3v) is 6.79. The van der Waals surface area contributed by atoms with Gasteiger partial charge < -0.3 is 19.4 Å². The number of anilines is 1. The molecule has 0 radical (unpaired) electrons. The molecule has 35 heavy (non-hydrogen) atoms. The standard InChI is InChI=1S/C26H31ClN4O4/c1-2-35-26(34)20-8-11-23(28-17-20)29-13-4-14-30(16-15-29)25(33)21-5-3-12-31(18-21)24(32)19-6-9-22(27)10-7-19/h6-11,17,21H,2-5,12-16,18H2,1H3. The number of halogens is 1. The van der Waals surface area contributed by atoms with Gasteiger partial charge in [-0.3, -0.25) is 9.59 Å². The monoisotopic (exact) mass is 498 g/mol. The third-order valence-electron chi connectivity index (χ3n) is 6.54. The molecule has 9 heteroatoms. The maximum atomic E-state index is 13.4. The van der Waals surface area contributed by atoms with Crippen LogP contribution in [0.3, 0.4) is 0 Å². The van der Waals surface area contributed by atoms with Crippen molar-refractivity contribution in [3.63, 3.8) is 0 Å². The highest BCUT2D eigenvalue weighted by atomic mass is 35.5. The third kappa shape index (κ3) is 6.11. The highest BCUT2D eigenvalue weighted by Crippen LogP contribution is 2.23. The Morgan fingerprint density at radius 3 is 2.40 bits per heavy atom. The Bertz CT molecular complexity index is 1040. The van der Waals surface area contributed by atoms with E-state index in [1.165, 1.54) is 6.20 Å². The first-order valence-corrected chi connectivity index (χ1v) is 12.6. The lowest BCUT2D eigenvalue weighted by atomic mass is 9.95. The van der Waals surface area contributed by atoms with Crippen LogP contribution < -0.4 is 4.90 Å². The number of pyridine rings is 1. The Hall–Kier alpha value is -3.13. The molecule has 0 bridgehead atoms. The molecule has 4 rings (SSSR count). The van der Waals surface area contributed by atoms with Gasteiger partial charge in [-0.25, -0.2) is 9.78 Å². The molecular formula is C26H31ClN4O4. The van der Waals surface area contributed by atoms with E-state index in [2.05, 4.69) is 9.88 Å². The zero-order valence-corrected chi connectivity index (χ0v) is 20.7. The van der Waals surface area contributed by atoms with Gasteiger partial charge in [0.25, 0.3) is 5.91 Å². The van der Waals surface area contributed by atoms with Crippen LogP contribution >= 0.6 is 11.6 Å². The van der Waals surface area contributed by atoms with E-state index in [1.807, 2.05) is 11.0 Å². The summed E-state index contributed by atoms with van der Waals surface area (Å²) < 4.78 is 5.02. The number of likely N-dealkylation sites (tertiary alicyclic amines) is 1. The first-order chi connectivity index (χ1) is 17.0. The van der Waals surface area contributed by atoms with Gasteiger partial charge in [-0.05, 0) is 62.6 Å². The summed E-state index contributed by atoms with van der Waals surface area (Å²) in [7, 11) is 0. The van der Waals surface area contributed by atoms with Crippen molar-refractivity contribution in [3.8, 4) is 0 Å². The lowest BCUT2D eigenvalue weighted by Crippen LogP contribution is -2.47. The zero-order valence-electron chi connectivity index (χ0n) is 20.0. The number of nitrogens with zero attached hydrogens (tertiary/aromatic N) is 4. The Morgan fingerprint density at radius 2 is 1.69 bits per heavy atom. The van der Waals surface area contributed by atoms with Crippen molar-refractivity contribution in [1.29, 1.82) is 0 Å². The molecule has 0 saturated carbocycles. The number of rotatable bonds is 5. The molecule has 0 aliphatic carbocycles. The second-order valence-corrected chi connectivity index (χ2v) is 9.33. The lowest BCUT2D eigenvalue weighted by molar-refractivity contribution is -0.136. The maximum absolute atomic E-state index is 13.4. The average Bonchev–Trinajstić information content (AvgIpc) is 3.15. The van der Waals surface area contributed by atoms with Crippen LogP contribution in [0, 0.1) is 5.92 Å². The largest absolute Gasteiger partial charge is 0.462 e. The molecule has 8 nitrogen and oxygen atoms in total. The number of aromatic nitrogens is 1. The summed E-state index contributed by atoms with van der Waals surface area (Å²) in [6.07, 6.45) is 3.97. The van der Waals surface area contributed by atoms with Crippen molar-refractivity contribution < 1.29 is 19.1 Å². The van der Waals surface area contributed by atoms with Gasteiger partial charge in [0.15, 0.2) is 0 Å². The van der Waals surface area contributed by atoms with E-state index in [4.69, 9.17) is 16.3 Å². The fourth-order valence-corrected chi connectivity index (χ4v) is 4.80. The fourth-order valence-electron chi connectivity index (χ4n) is 4.67. The summed E-state index contributed by atoms with van der Waals surface area (Å²) in [6.45, 7) is 5.92. The fraction of sp³-hybridized carbons (Fsp3) is 0.462. The van der Waals surface area contributed by atoms with Gasteiger partial charge in [0, 0.05) is 56.1 Å². The van der Waals surface area contributed by atoms with Crippen molar-refractivity contribution in [2.24, 2.45) is 5.92 Å². The highest BCUT2D eigenvalue weighted by molar-refractivity contribution is 6.30. The number of esters is 1. The summed E-state index contributed by atoms with van der Waals surface area (Å²) in [4.78, 5) is 48.4. The Morgan fingerprint density at radius 1 is 0.943 bits per heavy atom. The van der Waals surface area contributed by atoms with Gasteiger partial charge in [0.05, 0.1) is 18.1 Å². The van der Waals surface area contributed by atoms with E-state index in [-0.39, 0.29) is 23.7 Å². The van der Waals surface area contributed by atoms with Crippen molar-refractivity contribution >= 4 is 35.2 Å². The Balaban J connectivity index is 1.34. The molecule has 3 heterocycles. The molecule has 1 unspecified atom stereocenters. The van der Waals surface area contributed by atoms with Crippen molar-refractivity contribution in [2.75, 3.05) is 50.8 Å². The molecule has 2 amide bonds. The minimum Gasteiger partial charge on any atom is -0.462 e. The van der Waals surface area contributed by atoms with Crippen LogP contribution in [0.25, 0.3) is 0 Å². The summed E-state index contributed by atoms with van der Waals surface area (Å²) in [5, 5.41) is 0.591. The van der Waals surface area contributed by atoms with Crippen LogP contribution in [-0.4, -0.2) is 78.4 Å². The van der Waals surface area contributed by atoms with Crippen molar-refractivity contribution in [3.05, 3.63) is 58.7 Å². The number of amides is 2. The van der Waals surface area contributed by atoms with Crippen LogP contribution in [0.4, 0.5) is 5.82 Å². The zero-order chi connectivity index (χ0) is 24.8. The van der Waals surface area contributed by atoms with E-state index >= 15 is 0 Å². The molecular weight excluding hydrogens is 468 g/mol. The van der Waals surface area contributed by atoms with Gasteiger partial charge in [-0.15, -0.1) is 0 Å². The Kier molecular flexibility index (Phi) is 8.23. The SMILES string of the molecule is CCOC(=O)c1ccc(N2CCCN(C(=O)C3CCCN(C(=O)c4ccc(Cl)cc4)C3)CC2)nc1. The van der Waals surface area contributed by atoms with Crippen molar-refractivity contribution in [2.45, 2.75) is 26.2 Å². The molecule has 1 atom stereocenters. The van der Waals surface area contributed by atoms with Crippen LogP contribution in [0.2, 0.25) is 5.02 Å². The molecule has 2 saturated heterocycles. The minimum absolute atomic E-state index is 0.0569. The molecule has 0 N–H and O–H groups in total. The highest BCUT2D eigenvalue weighted by Gasteiger charge is 2.32. The number of benzene rings is 1. The molecule has 2 aliphatic rings. The van der Waals surface area contributed by atoms with E-state index < -0.39 is 0 Å². The van der Waals surface area contributed by atoms with E-state index in [1.54, 1.807) is 42.2 Å². The second-order valence-electron chi connectivity index (χ2n) is 8.89. The topological polar surface area (TPSA) is 83.0 Å². The molecule has 2 aliphatic heterocycles. The summed E-state index contributed by atoms with van der Waals surface area (Å²) >= 11 is 5.95. The van der Waals surface area contributed by atoms with Crippen LogP contribution in [0.1, 0.15) is 46.9 Å². The minimum atomic E-state index is -0.379. The smallest absolute Gasteiger partial charge is 0.339 e. The number of hydrogen-bond acceptors (Lipinski definition) is 6. The van der Waals surface area contributed by atoms with Crippen LogP contribution in [0.5, 0.6) is 0 Å². The molecule has 2 aromatic rings. The summed E-state index contributed by atoms with van der Waals surface area (Å²) in [6, 6.07) is 10.4. The van der Waals surface area contributed by atoms with Crippen LogP contribution in [0.15, 0.2) is 42.6 Å². The van der Waals surface area contributed by atoms with E-state index in [0.717, 1.165) is 31.6 Å². The first-order valence-electron chi connectivity index (χ1n) is 12.2. The molecule has 2 fully saturated rings. The summed E-state index contributed by atoms with van der Waals surface area (Å²) in [5.74, 6) is 0.276. The van der Waals surface area contributed by atoms with Gasteiger partial charge >= 0.3 is 5.97 Å². The maximum Gasteiger partial charge on any atom is 0.339 e. The van der Waals surface area contributed by atoms with Crippen molar-refractivity contribution in [1.82, 2.24) is 14.8 Å². The lowest BCUT2D eigenvalue weighted by Gasteiger charge is -2.35. The predicted molar refractivity (Wildman–Crippen MR) is 134 cm³/mol. The van der Waals surface area contributed by atoms with Gasteiger partial charge in [-0.1, -0.05) is 11.6 Å². The van der Waals surface area contributed by atoms with Gasteiger partial charge in [-0.2, -0.15) is 0 Å². The molecule has 186 valence electrons. The van der Waals surface area contributed by atoms with E-state index in [9.17, 15) is 14.4 Å². The van der Waals surface area contributed by atoms with Gasteiger partial charge in [0.1, 0.15) is 5.82 Å².